The van der Waals surface area contributed by atoms with Crippen LogP contribution in [0.5, 0.6) is 0 Å². The summed E-state index contributed by atoms with van der Waals surface area (Å²) in [7, 11) is 0. The van der Waals surface area contributed by atoms with Crippen LogP contribution in [0.2, 0.25) is 0 Å². The maximum Gasteiger partial charge on any atom is 0.306 e. The molecule has 0 aromatic heterocycles. The number of hydrogen-bond acceptors (Lipinski definition) is 3. The number of carbonyl (C=O) groups excluding carboxylic acids is 2. The van der Waals surface area contributed by atoms with Gasteiger partial charge in [0.2, 0.25) is 0 Å². The molecule has 0 N–H and O–H groups in total. The molecule has 0 aliphatic heterocycles. The van der Waals surface area contributed by atoms with Gasteiger partial charge in [-0.05, 0) is 81.1 Å². The number of hydrogen-bond donors (Lipinski definition) is 0. The lowest BCUT2D eigenvalue weighted by molar-refractivity contribution is -0.147. The zero-order valence-corrected chi connectivity index (χ0v) is 17.9. The molecule has 3 saturated carbocycles. The molecule has 6 unspecified atom stereocenters. The summed E-state index contributed by atoms with van der Waals surface area (Å²) in [6, 6.07) is 0. The van der Waals surface area contributed by atoms with Crippen molar-refractivity contribution in [1.29, 1.82) is 0 Å². The second-order valence-electron chi connectivity index (χ2n) is 10.2. The topological polar surface area (TPSA) is 43.4 Å². The minimum atomic E-state index is -0.0209. The highest BCUT2D eigenvalue weighted by atomic mass is 16.5. The van der Waals surface area contributed by atoms with Crippen molar-refractivity contribution in [3.8, 4) is 0 Å². The van der Waals surface area contributed by atoms with Gasteiger partial charge in [-0.3, -0.25) is 9.59 Å². The van der Waals surface area contributed by atoms with Crippen LogP contribution >= 0.6 is 0 Å². The molecule has 4 rings (SSSR count). The molecule has 3 nitrogen and oxygen atoms in total. The van der Waals surface area contributed by atoms with E-state index in [9.17, 15) is 9.59 Å². The van der Waals surface area contributed by atoms with Gasteiger partial charge < -0.3 is 4.74 Å². The van der Waals surface area contributed by atoms with Crippen LogP contribution in [-0.2, 0) is 14.3 Å². The lowest BCUT2D eigenvalue weighted by atomic mass is 9.52. The molecule has 0 aromatic rings. The van der Waals surface area contributed by atoms with Gasteiger partial charge in [0.25, 0.3) is 0 Å². The highest BCUT2D eigenvalue weighted by molar-refractivity contribution is 5.87. The summed E-state index contributed by atoms with van der Waals surface area (Å²) < 4.78 is 5.80. The molecule has 0 bridgehead atoms. The molecule has 0 saturated heterocycles. The zero-order chi connectivity index (χ0) is 19.7. The second kappa shape index (κ2) is 8.32. The Hall–Kier alpha value is -1.12. The van der Waals surface area contributed by atoms with E-state index in [1.165, 1.54) is 25.7 Å². The highest BCUT2D eigenvalue weighted by Crippen LogP contribution is 2.60. The van der Waals surface area contributed by atoms with E-state index in [1.807, 2.05) is 0 Å². The molecule has 3 heteroatoms. The maximum absolute atomic E-state index is 12.5. The average Bonchev–Trinajstić information content (AvgIpc) is 3.00. The van der Waals surface area contributed by atoms with Gasteiger partial charge in [-0.1, -0.05) is 38.7 Å². The lowest BCUT2D eigenvalue weighted by Crippen LogP contribution is -2.46. The monoisotopic (exact) mass is 386 g/mol. The van der Waals surface area contributed by atoms with E-state index >= 15 is 0 Å². The Balaban J connectivity index is 1.35. The van der Waals surface area contributed by atoms with Gasteiger partial charge in [0.1, 0.15) is 11.9 Å². The number of ketones is 1. The van der Waals surface area contributed by atoms with Crippen molar-refractivity contribution < 1.29 is 14.3 Å². The van der Waals surface area contributed by atoms with Gasteiger partial charge in [-0.15, -0.1) is 0 Å². The summed E-state index contributed by atoms with van der Waals surface area (Å²) in [5.41, 5.74) is 1.54. The zero-order valence-electron chi connectivity index (χ0n) is 17.9. The second-order valence-corrected chi connectivity index (χ2v) is 10.2. The SMILES string of the molecule is CCCCCCC(=O)OC1C=C2CCC3C(CCC4(C)C(=O)CCC34)C2CC1. The minimum Gasteiger partial charge on any atom is -0.458 e. The van der Waals surface area contributed by atoms with E-state index in [1.54, 1.807) is 5.57 Å². The average molecular weight is 387 g/mol. The first-order valence-corrected chi connectivity index (χ1v) is 12.0. The number of unbranched alkanes of at least 4 members (excludes halogenated alkanes) is 3. The number of fused-ring (bicyclic) bond motifs is 5. The Labute approximate surface area is 170 Å². The standard InChI is InChI=1S/C25H38O3/c1-3-4-5-6-7-24(27)28-18-9-11-19-17(16-18)8-10-21-20(19)14-15-25(2)22(21)12-13-23(25)26/h16,18-22H,3-15H2,1-2H3. The van der Waals surface area contributed by atoms with Gasteiger partial charge in [-0.2, -0.15) is 0 Å². The Bertz CT molecular complexity index is 636. The van der Waals surface area contributed by atoms with Crippen LogP contribution < -0.4 is 0 Å². The number of allylic oxidation sites excluding steroid dienone is 1. The number of Topliss-reactive ketones (excluding diaryl/α,β-unsaturated/α-hetero) is 1. The van der Waals surface area contributed by atoms with Crippen molar-refractivity contribution in [2.45, 2.75) is 103 Å². The summed E-state index contributed by atoms with van der Waals surface area (Å²) >= 11 is 0. The maximum atomic E-state index is 12.5. The van der Waals surface area contributed by atoms with Crippen LogP contribution in [0.15, 0.2) is 11.6 Å². The first kappa shape index (κ1) is 20.2. The van der Waals surface area contributed by atoms with Gasteiger partial charge in [-0.25, -0.2) is 0 Å². The molecular weight excluding hydrogens is 348 g/mol. The van der Waals surface area contributed by atoms with Crippen molar-refractivity contribution in [3.05, 3.63) is 11.6 Å². The van der Waals surface area contributed by atoms with E-state index in [-0.39, 0.29) is 17.5 Å². The van der Waals surface area contributed by atoms with E-state index in [4.69, 9.17) is 4.74 Å². The van der Waals surface area contributed by atoms with Gasteiger partial charge in [0.15, 0.2) is 0 Å². The first-order valence-electron chi connectivity index (χ1n) is 12.0. The molecule has 0 radical (unpaired) electrons. The fraction of sp³-hybridized carbons (Fsp3) is 0.840. The third-order valence-corrected chi connectivity index (χ3v) is 8.64. The number of rotatable bonds is 6. The normalized spacial score (nSPS) is 39.6. The Morgan fingerprint density at radius 3 is 2.75 bits per heavy atom. The van der Waals surface area contributed by atoms with Crippen LogP contribution in [0, 0.1) is 29.1 Å². The molecule has 0 aromatic carbocycles. The third kappa shape index (κ3) is 3.71. The molecule has 156 valence electrons. The lowest BCUT2D eigenvalue weighted by Gasteiger charge is -2.52. The molecule has 4 aliphatic rings. The molecule has 3 fully saturated rings. The van der Waals surface area contributed by atoms with E-state index < -0.39 is 0 Å². The smallest absolute Gasteiger partial charge is 0.306 e. The van der Waals surface area contributed by atoms with E-state index in [0.29, 0.717) is 24.0 Å². The molecule has 28 heavy (non-hydrogen) atoms. The molecule has 0 heterocycles. The largest absolute Gasteiger partial charge is 0.458 e. The van der Waals surface area contributed by atoms with Crippen LogP contribution in [0.3, 0.4) is 0 Å². The summed E-state index contributed by atoms with van der Waals surface area (Å²) in [5, 5.41) is 0. The number of ether oxygens (including phenoxy) is 1. The first-order chi connectivity index (χ1) is 13.5. The van der Waals surface area contributed by atoms with Crippen LogP contribution in [-0.4, -0.2) is 17.9 Å². The van der Waals surface area contributed by atoms with Crippen LogP contribution in [0.25, 0.3) is 0 Å². The molecule has 0 amide bonds. The van der Waals surface area contributed by atoms with Crippen molar-refractivity contribution in [2.75, 3.05) is 0 Å². The third-order valence-electron chi connectivity index (χ3n) is 8.64. The minimum absolute atomic E-state index is 0.00314. The van der Waals surface area contributed by atoms with Gasteiger partial charge >= 0.3 is 5.97 Å². The van der Waals surface area contributed by atoms with Crippen LogP contribution in [0.1, 0.15) is 97.3 Å². The van der Waals surface area contributed by atoms with Crippen molar-refractivity contribution in [1.82, 2.24) is 0 Å². The Morgan fingerprint density at radius 1 is 1.07 bits per heavy atom. The number of carbonyl (C=O) groups is 2. The van der Waals surface area contributed by atoms with Crippen molar-refractivity contribution >= 4 is 11.8 Å². The van der Waals surface area contributed by atoms with Crippen molar-refractivity contribution in [2.24, 2.45) is 29.1 Å². The fourth-order valence-electron chi connectivity index (χ4n) is 7.09. The Kier molecular flexibility index (Phi) is 5.99. The highest BCUT2D eigenvalue weighted by Gasteiger charge is 2.56. The summed E-state index contributed by atoms with van der Waals surface area (Å²) in [6.07, 6.45) is 16.2. The predicted octanol–water partition coefficient (Wildman–Crippen LogP) is 6.01. The van der Waals surface area contributed by atoms with Gasteiger partial charge in [0.05, 0.1) is 0 Å². The summed E-state index contributed by atoms with van der Waals surface area (Å²) in [6.45, 7) is 4.44. The molecule has 6 atom stereocenters. The summed E-state index contributed by atoms with van der Waals surface area (Å²) in [4.78, 5) is 24.7. The molecule has 0 spiro atoms. The van der Waals surface area contributed by atoms with Crippen molar-refractivity contribution in [3.63, 3.8) is 0 Å². The van der Waals surface area contributed by atoms with E-state index in [0.717, 1.165) is 63.2 Å². The summed E-state index contributed by atoms with van der Waals surface area (Å²) in [5.74, 6) is 3.33. The molecule has 4 aliphatic carbocycles. The number of esters is 1. The molecular formula is C25H38O3. The predicted molar refractivity (Wildman–Crippen MR) is 111 cm³/mol. The van der Waals surface area contributed by atoms with E-state index in [2.05, 4.69) is 19.9 Å². The fourth-order valence-corrected chi connectivity index (χ4v) is 7.09. The van der Waals surface area contributed by atoms with Crippen LogP contribution in [0.4, 0.5) is 0 Å². The van der Waals surface area contributed by atoms with Gasteiger partial charge in [0, 0.05) is 18.3 Å². The quantitative estimate of drug-likeness (QED) is 0.319. The Morgan fingerprint density at radius 2 is 1.93 bits per heavy atom.